The molecule has 1 amide bonds. The Kier molecular flexibility index (Phi) is 9.45. The molecule has 0 spiro atoms. The number of ether oxygens (including phenoxy) is 2. The third kappa shape index (κ3) is 7.16. The van der Waals surface area contributed by atoms with E-state index in [0.29, 0.717) is 18.0 Å². The van der Waals surface area contributed by atoms with Crippen LogP contribution in [-0.2, 0) is 14.8 Å². The summed E-state index contributed by atoms with van der Waals surface area (Å²) in [5, 5.41) is 2.84. The van der Waals surface area contributed by atoms with Crippen LogP contribution < -0.4 is 19.1 Å². The number of hydrogen-bond acceptors (Lipinski definition) is 6. The van der Waals surface area contributed by atoms with E-state index in [1.165, 1.54) is 31.2 Å². The molecule has 1 N–H and O–H groups in total. The van der Waals surface area contributed by atoms with Gasteiger partial charge in [-0.15, -0.1) is 11.8 Å². The Balaban J connectivity index is 1.77. The fourth-order valence-corrected chi connectivity index (χ4v) is 5.62. The third-order valence-electron chi connectivity index (χ3n) is 5.21. The van der Waals surface area contributed by atoms with Crippen LogP contribution in [0.4, 0.5) is 5.69 Å². The molecule has 0 radical (unpaired) electrons. The van der Waals surface area contributed by atoms with Crippen LogP contribution in [0.5, 0.6) is 11.5 Å². The van der Waals surface area contributed by atoms with Crippen LogP contribution in [0.2, 0.25) is 0 Å². The molecule has 0 aliphatic heterocycles. The molecule has 0 saturated carbocycles. The van der Waals surface area contributed by atoms with E-state index < -0.39 is 22.5 Å². The van der Waals surface area contributed by atoms with Crippen molar-refractivity contribution in [2.24, 2.45) is 0 Å². The van der Waals surface area contributed by atoms with Crippen molar-refractivity contribution in [3.8, 4) is 11.5 Å². The standard InChI is InChI=1S/C26H30N2O5S2/c1-20-10-13-23(14-11-20)35(30,31)28(24-18-21(32-2)12-15-25(24)33-3)19-26(29)27-16-7-17-34-22-8-5-4-6-9-22/h4-6,8-15,18H,7,16-17,19H2,1-3H3,(H,27,29). The predicted octanol–water partition coefficient (Wildman–Crippen LogP) is 4.51. The fraction of sp³-hybridized carbons (Fsp3) is 0.269. The minimum Gasteiger partial charge on any atom is -0.497 e. The average molecular weight is 515 g/mol. The molecule has 3 rings (SSSR count). The van der Waals surface area contributed by atoms with Gasteiger partial charge in [0, 0.05) is 17.5 Å². The molecular weight excluding hydrogens is 484 g/mol. The first kappa shape index (κ1) is 26.4. The zero-order valence-electron chi connectivity index (χ0n) is 20.1. The van der Waals surface area contributed by atoms with Crippen molar-refractivity contribution in [1.82, 2.24) is 5.32 Å². The second-order valence-electron chi connectivity index (χ2n) is 7.73. The molecule has 0 aliphatic rings. The topological polar surface area (TPSA) is 84.9 Å². The highest BCUT2D eigenvalue weighted by Crippen LogP contribution is 2.35. The van der Waals surface area contributed by atoms with E-state index in [1.54, 1.807) is 42.1 Å². The second-order valence-corrected chi connectivity index (χ2v) is 10.8. The third-order valence-corrected chi connectivity index (χ3v) is 8.08. The van der Waals surface area contributed by atoms with E-state index in [1.807, 2.05) is 37.3 Å². The van der Waals surface area contributed by atoms with Gasteiger partial charge in [-0.1, -0.05) is 35.9 Å². The number of rotatable bonds is 12. The van der Waals surface area contributed by atoms with Gasteiger partial charge in [0.15, 0.2) is 0 Å². The summed E-state index contributed by atoms with van der Waals surface area (Å²) < 4.78 is 39.0. The molecule has 186 valence electrons. The maximum absolute atomic E-state index is 13.6. The zero-order chi connectivity index (χ0) is 25.3. The van der Waals surface area contributed by atoms with Crippen molar-refractivity contribution in [1.29, 1.82) is 0 Å². The zero-order valence-corrected chi connectivity index (χ0v) is 21.7. The molecule has 0 atom stereocenters. The lowest BCUT2D eigenvalue weighted by atomic mass is 10.2. The van der Waals surface area contributed by atoms with Gasteiger partial charge in [0.2, 0.25) is 5.91 Å². The normalized spacial score (nSPS) is 11.1. The van der Waals surface area contributed by atoms with E-state index in [-0.39, 0.29) is 10.6 Å². The number of aryl methyl sites for hydroxylation is 1. The van der Waals surface area contributed by atoms with Crippen molar-refractivity contribution in [3.63, 3.8) is 0 Å². The molecule has 0 fully saturated rings. The summed E-state index contributed by atoms with van der Waals surface area (Å²) >= 11 is 1.71. The lowest BCUT2D eigenvalue weighted by molar-refractivity contribution is -0.119. The SMILES string of the molecule is COc1ccc(OC)c(N(CC(=O)NCCCSc2ccccc2)S(=O)(=O)c2ccc(C)cc2)c1. The van der Waals surface area contributed by atoms with Crippen molar-refractivity contribution < 1.29 is 22.7 Å². The highest BCUT2D eigenvalue weighted by molar-refractivity contribution is 7.99. The number of sulfonamides is 1. The van der Waals surface area contributed by atoms with Crippen LogP contribution in [0.1, 0.15) is 12.0 Å². The van der Waals surface area contributed by atoms with E-state index in [9.17, 15) is 13.2 Å². The quantitative estimate of drug-likeness (QED) is 0.283. The second kappa shape index (κ2) is 12.5. The molecular formula is C26H30N2O5S2. The Labute approximate surface area is 211 Å². The first-order chi connectivity index (χ1) is 16.8. The van der Waals surface area contributed by atoms with Crippen molar-refractivity contribution in [2.75, 3.05) is 37.4 Å². The van der Waals surface area contributed by atoms with Crippen molar-refractivity contribution in [2.45, 2.75) is 23.1 Å². The number of methoxy groups -OCH3 is 2. The Morgan fingerprint density at radius 3 is 2.34 bits per heavy atom. The summed E-state index contributed by atoms with van der Waals surface area (Å²) in [6.45, 7) is 1.92. The predicted molar refractivity (Wildman–Crippen MR) is 140 cm³/mol. The van der Waals surface area contributed by atoms with Gasteiger partial charge in [-0.25, -0.2) is 8.42 Å². The van der Waals surface area contributed by atoms with Gasteiger partial charge in [-0.05, 0) is 55.5 Å². The number of carbonyl (C=O) groups excluding carboxylic acids is 1. The molecule has 0 aromatic heterocycles. The van der Waals surface area contributed by atoms with Crippen LogP contribution in [0.15, 0.2) is 82.6 Å². The molecule has 0 heterocycles. The number of amides is 1. The Morgan fingerprint density at radius 2 is 1.69 bits per heavy atom. The first-order valence-corrected chi connectivity index (χ1v) is 13.5. The molecule has 3 aromatic carbocycles. The molecule has 0 unspecified atom stereocenters. The van der Waals surface area contributed by atoms with E-state index in [4.69, 9.17) is 9.47 Å². The molecule has 35 heavy (non-hydrogen) atoms. The maximum Gasteiger partial charge on any atom is 0.264 e. The number of carbonyl (C=O) groups is 1. The number of nitrogens with one attached hydrogen (secondary N) is 1. The number of thioether (sulfide) groups is 1. The van der Waals surface area contributed by atoms with Gasteiger partial charge in [-0.2, -0.15) is 0 Å². The van der Waals surface area contributed by atoms with Crippen LogP contribution in [0.3, 0.4) is 0 Å². The van der Waals surface area contributed by atoms with E-state index >= 15 is 0 Å². The summed E-state index contributed by atoms with van der Waals surface area (Å²) in [5.74, 6) is 1.19. The Morgan fingerprint density at radius 1 is 0.971 bits per heavy atom. The van der Waals surface area contributed by atoms with Gasteiger partial charge < -0.3 is 14.8 Å². The average Bonchev–Trinajstić information content (AvgIpc) is 2.87. The van der Waals surface area contributed by atoms with Crippen LogP contribution in [-0.4, -0.2) is 47.4 Å². The highest BCUT2D eigenvalue weighted by Gasteiger charge is 2.29. The number of hydrogen-bond donors (Lipinski definition) is 1. The first-order valence-electron chi connectivity index (χ1n) is 11.1. The Bertz CT molecular complexity index is 1220. The monoisotopic (exact) mass is 514 g/mol. The minimum absolute atomic E-state index is 0.0834. The lowest BCUT2D eigenvalue weighted by Gasteiger charge is -2.26. The largest absolute Gasteiger partial charge is 0.497 e. The van der Waals surface area contributed by atoms with Gasteiger partial charge in [0.25, 0.3) is 10.0 Å². The summed E-state index contributed by atoms with van der Waals surface area (Å²) in [5.41, 5.74) is 1.16. The van der Waals surface area contributed by atoms with Gasteiger partial charge in [0.05, 0.1) is 24.8 Å². The summed E-state index contributed by atoms with van der Waals surface area (Å²) in [4.78, 5) is 14.1. The number of benzene rings is 3. The Hall–Kier alpha value is -3.17. The van der Waals surface area contributed by atoms with Crippen LogP contribution in [0.25, 0.3) is 0 Å². The summed E-state index contributed by atoms with van der Waals surface area (Å²) in [6, 6.07) is 21.4. The lowest BCUT2D eigenvalue weighted by Crippen LogP contribution is -2.41. The number of nitrogens with zero attached hydrogens (tertiary/aromatic N) is 1. The molecule has 0 saturated heterocycles. The van der Waals surface area contributed by atoms with Crippen LogP contribution in [0, 0.1) is 6.92 Å². The summed E-state index contributed by atoms with van der Waals surface area (Å²) in [6.07, 6.45) is 0.749. The molecule has 7 nitrogen and oxygen atoms in total. The van der Waals surface area contributed by atoms with Crippen molar-refractivity contribution >= 4 is 33.4 Å². The van der Waals surface area contributed by atoms with Gasteiger partial charge >= 0.3 is 0 Å². The van der Waals surface area contributed by atoms with E-state index in [0.717, 1.165) is 22.0 Å². The fourth-order valence-electron chi connectivity index (χ4n) is 3.32. The van der Waals surface area contributed by atoms with Crippen LogP contribution >= 0.6 is 11.8 Å². The smallest absolute Gasteiger partial charge is 0.264 e. The van der Waals surface area contributed by atoms with E-state index in [2.05, 4.69) is 5.32 Å². The maximum atomic E-state index is 13.6. The molecule has 0 bridgehead atoms. The minimum atomic E-state index is -4.06. The molecule has 3 aromatic rings. The van der Waals surface area contributed by atoms with Gasteiger partial charge in [-0.3, -0.25) is 9.10 Å². The molecule has 9 heteroatoms. The highest BCUT2D eigenvalue weighted by atomic mass is 32.2. The summed E-state index contributed by atoms with van der Waals surface area (Å²) in [7, 11) is -1.12. The number of anilines is 1. The molecule has 0 aliphatic carbocycles. The van der Waals surface area contributed by atoms with Crippen molar-refractivity contribution in [3.05, 3.63) is 78.4 Å². The van der Waals surface area contributed by atoms with Gasteiger partial charge in [0.1, 0.15) is 18.0 Å².